The average molecular weight is 207 g/mol. The van der Waals surface area contributed by atoms with Gasteiger partial charge >= 0.3 is 6.15 Å². The van der Waals surface area contributed by atoms with Crippen molar-refractivity contribution in [2.75, 3.05) is 0 Å². The Morgan fingerprint density at radius 3 is 2.13 bits per heavy atom. The molecule has 0 aliphatic heterocycles. The van der Waals surface area contributed by atoms with E-state index in [1.165, 1.54) is 12.1 Å². The predicted molar refractivity (Wildman–Crippen MR) is 50.1 cm³/mol. The monoisotopic (exact) mass is 207 g/mol. The third kappa shape index (κ3) is 4.70. The topological polar surface area (TPSA) is 57.9 Å². The van der Waals surface area contributed by atoms with Crippen molar-refractivity contribution < 1.29 is 14.0 Å². The molecule has 0 N–H and O–H groups in total. The van der Waals surface area contributed by atoms with E-state index in [0.29, 0.717) is 0 Å². The van der Waals surface area contributed by atoms with E-state index in [1.807, 2.05) is 6.92 Å². The van der Waals surface area contributed by atoms with E-state index in [1.54, 1.807) is 12.1 Å². The van der Waals surface area contributed by atoms with Crippen LogP contribution in [0, 0.1) is 17.1 Å². The van der Waals surface area contributed by atoms with Crippen LogP contribution < -0.4 is 0 Å². The Labute approximate surface area is 87.1 Å². The molecule has 0 heterocycles. The van der Waals surface area contributed by atoms with Crippen molar-refractivity contribution in [3.63, 3.8) is 0 Å². The van der Waals surface area contributed by atoms with Gasteiger partial charge in [0.05, 0.1) is 12.0 Å². The zero-order valence-electron chi connectivity index (χ0n) is 8.24. The molecule has 1 aromatic carbocycles. The number of benzene rings is 1. The number of hydrogen-bond acceptors (Lipinski definition) is 3. The second-order valence-electron chi connectivity index (χ2n) is 2.72. The van der Waals surface area contributed by atoms with Crippen molar-refractivity contribution >= 4 is 6.15 Å². The van der Waals surface area contributed by atoms with E-state index in [4.69, 9.17) is 14.9 Å². The highest BCUT2D eigenvalue weighted by molar-refractivity contribution is 5.24. The molecule has 1 aromatic rings. The Hall–Kier alpha value is -1.98. The van der Waals surface area contributed by atoms with Crippen molar-refractivity contribution in [2.24, 2.45) is 0 Å². The summed E-state index contributed by atoms with van der Waals surface area (Å²) in [4.78, 5) is 16.2. The Balaban J connectivity index is 0.000000583. The van der Waals surface area contributed by atoms with E-state index >= 15 is 0 Å². The number of halogens is 1. The fourth-order valence-electron chi connectivity index (χ4n) is 1.10. The van der Waals surface area contributed by atoms with E-state index < -0.39 is 0 Å². The quantitative estimate of drug-likeness (QED) is 0.747. The van der Waals surface area contributed by atoms with Gasteiger partial charge in [-0.3, -0.25) is 0 Å². The number of rotatable bonds is 2. The van der Waals surface area contributed by atoms with Crippen molar-refractivity contribution in [1.29, 1.82) is 5.26 Å². The lowest BCUT2D eigenvalue weighted by Crippen LogP contribution is -1.92. The molecule has 4 heteroatoms. The molecule has 0 aromatic heterocycles. The molecule has 0 fully saturated rings. The minimum Gasteiger partial charge on any atom is -0.207 e. The van der Waals surface area contributed by atoms with Gasteiger partial charge in [0.15, 0.2) is 0 Å². The summed E-state index contributed by atoms with van der Waals surface area (Å²) in [5, 5.41) is 8.71. The summed E-state index contributed by atoms with van der Waals surface area (Å²) in [5.41, 5.74) is 0.890. The first-order valence-electron chi connectivity index (χ1n) is 4.33. The molecule has 0 amide bonds. The van der Waals surface area contributed by atoms with Gasteiger partial charge in [-0.25, -0.2) is 4.39 Å². The molecule has 0 aliphatic rings. The van der Waals surface area contributed by atoms with Crippen molar-refractivity contribution in [3.05, 3.63) is 35.6 Å². The molecule has 0 radical (unpaired) electrons. The van der Waals surface area contributed by atoms with Gasteiger partial charge in [-0.05, 0) is 24.1 Å². The summed E-state index contributed by atoms with van der Waals surface area (Å²) in [7, 11) is 0. The maximum absolute atomic E-state index is 12.5. The second kappa shape index (κ2) is 7.43. The molecule has 0 saturated heterocycles. The average Bonchev–Trinajstić information content (AvgIpc) is 2.24. The maximum atomic E-state index is 12.5. The van der Waals surface area contributed by atoms with Crippen molar-refractivity contribution in [2.45, 2.75) is 19.3 Å². The zero-order chi connectivity index (χ0) is 11.7. The van der Waals surface area contributed by atoms with Gasteiger partial charge in [0.2, 0.25) is 0 Å². The van der Waals surface area contributed by atoms with Gasteiger partial charge in [0, 0.05) is 0 Å². The van der Waals surface area contributed by atoms with Crippen LogP contribution in [0.5, 0.6) is 0 Å². The van der Waals surface area contributed by atoms with Crippen LogP contribution in [0.1, 0.15) is 24.8 Å². The lowest BCUT2D eigenvalue weighted by molar-refractivity contribution is -0.191. The Morgan fingerprint density at radius 2 is 1.80 bits per heavy atom. The SMILES string of the molecule is CCC(C#N)c1ccc(F)cc1.O=C=O. The number of carbonyl (C=O) groups excluding carboxylic acids is 2. The molecular weight excluding hydrogens is 197 g/mol. The Kier molecular flexibility index (Phi) is 6.45. The standard InChI is InChI=1S/C10H10FN.CO2/c1-2-8(7-12)9-3-5-10(11)6-4-9;2-1-3/h3-6,8H,2H2,1H3;. The van der Waals surface area contributed by atoms with Crippen molar-refractivity contribution in [1.82, 2.24) is 0 Å². The summed E-state index contributed by atoms with van der Waals surface area (Å²) in [6, 6.07) is 8.25. The van der Waals surface area contributed by atoms with Crippen LogP contribution >= 0.6 is 0 Å². The lowest BCUT2D eigenvalue weighted by Gasteiger charge is -2.04. The fraction of sp³-hybridized carbons (Fsp3) is 0.273. The largest absolute Gasteiger partial charge is 0.373 e. The second-order valence-corrected chi connectivity index (χ2v) is 2.72. The summed E-state index contributed by atoms with van der Waals surface area (Å²) in [5.74, 6) is -0.364. The van der Waals surface area contributed by atoms with Gasteiger partial charge in [0.25, 0.3) is 0 Å². The molecular formula is C11H10FNO2. The molecule has 15 heavy (non-hydrogen) atoms. The minimum atomic E-state index is -0.258. The van der Waals surface area contributed by atoms with Gasteiger partial charge in [-0.2, -0.15) is 14.9 Å². The predicted octanol–water partition coefficient (Wildman–Crippen LogP) is 2.26. The first-order chi connectivity index (χ1) is 7.19. The summed E-state index contributed by atoms with van der Waals surface area (Å²) in [6.45, 7) is 1.94. The smallest absolute Gasteiger partial charge is 0.207 e. The summed E-state index contributed by atoms with van der Waals surface area (Å²) in [6.07, 6.45) is 1.02. The first-order valence-corrected chi connectivity index (χ1v) is 4.33. The van der Waals surface area contributed by atoms with E-state index in [9.17, 15) is 4.39 Å². The van der Waals surface area contributed by atoms with Crippen LogP contribution in [0.15, 0.2) is 24.3 Å². The molecule has 78 valence electrons. The normalized spacial score (nSPS) is 10.2. The van der Waals surface area contributed by atoms with Crippen molar-refractivity contribution in [3.8, 4) is 6.07 Å². The maximum Gasteiger partial charge on any atom is 0.373 e. The lowest BCUT2D eigenvalue weighted by atomic mass is 9.98. The van der Waals surface area contributed by atoms with Crippen LogP contribution in [0.3, 0.4) is 0 Å². The van der Waals surface area contributed by atoms with Crippen LogP contribution in [0.2, 0.25) is 0 Å². The Bertz CT molecular complexity index is 361. The number of hydrogen-bond donors (Lipinski definition) is 0. The number of nitrogens with zero attached hydrogens (tertiary/aromatic N) is 1. The molecule has 0 aliphatic carbocycles. The van der Waals surface area contributed by atoms with Gasteiger partial charge in [-0.1, -0.05) is 19.1 Å². The third-order valence-electron chi connectivity index (χ3n) is 1.84. The van der Waals surface area contributed by atoms with Gasteiger partial charge in [0.1, 0.15) is 5.82 Å². The highest BCUT2D eigenvalue weighted by Gasteiger charge is 2.06. The molecule has 0 saturated carbocycles. The zero-order valence-corrected chi connectivity index (χ0v) is 8.24. The van der Waals surface area contributed by atoms with Crippen LogP contribution in [-0.2, 0) is 9.59 Å². The van der Waals surface area contributed by atoms with E-state index in [0.717, 1.165) is 12.0 Å². The molecule has 3 nitrogen and oxygen atoms in total. The fourth-order valence-corrected chi connectivity index (χ4v) is 1.10. The molecule has 1 unspecified atom stereocenters. The van der Waals surface area contributed by atoms with Crippen LogP contribution in [-0.4, -0.2) is 6.15 Å². The van der Waals surface area contributed by atoms with E-state index in [-0.39, 0.29) is 17.9 Å². The third-order valence-corrected chi connectivity index (χ3v) is 1.84. The van der Waals surface area contributed by atoms with Crippen LogP contribution in [0.25, 0.3) is 0 Å². The number of nitriles is 1. The van der Waals surface area contributed by atoms with Gasteiger partial charge in [-0.15, -0.1) is 0 Å². The first kappa shape index (κ1) is 13.0. The summed E-state index contributed by atoms with van der Waals surface area (Å²) < 4.78 is 12.5. The highest BCUT2D eigenvalue weighted by Crippen LogP contribution is 2.18. The molecule has 1 atom stereocenters. The van der Waals surface area contributed by atoms with E-state index in [2.05, 4.69) is 6.07 Å². The minimum absolute atomic E-state index is 0.106. The Morgan fingerprint density at radius 1 is 1.33 bits per heavy atom. The molecule has 0 spiro atoms. The molecule has 0 bridgehead atoms. The highest BCUT2D eigenvalue weighted by atomic mass is 19.1. The van der Waals surface area contributed by atoms with Gasteiger partial charge < -0.3 is 0 Å². The van der Waals surface area contributed by atoms with Crippen LogP contribution in [0.4, 0.5) is 4.39 Å². The molecule has 1 rings (SSSR count). The summed E-state index contributed by atoms with van der Waals surface area (Å²) >= 11 is 0.